The number of para-hydroxylation sites is 1. The van der Waals surface area contributed by atoms with E-state index in [1.807, 2.05) is 12.1 Å². The third-order valence-corrected chi connectivity index (χ3v) is 6.47. The number of benzene rings is 1. The van der Waals surface area contributed by atoms with Gasteiger partial charge in [-0.3, -0.25) is 4.79 Å². The molecule has 0 bridgehead atoms. The monoisotopic (exact) mass is 376 g/mol. The van der Waals surface area contributed by atoms with E-state index in [4.69, 9.17) is 9.47 Å². The summed E-state index contributed by atoms with van der Waals surface area (Å²) in [6.07, 6.45) is 1.70. The van der Waals surface area contributed by atoms with Gasteiger partial charge >= 0.3 is 0 Å². The van der Waals surface area contributed by atoms with Crippen LogP contribution in [0.3, 0.4) is 0 Å². The smallest absolute Gasteiger partial charge is 0.241 e. The molecule has 0 aliphatic carbocycles. The lowest BCUT2D eigenvalue weighted by molar-refractivity contribution is -0.124. The van der Waals surface area contributed by atoms with Crippen molar-refractivity contribution in [3.05, 3.63) is 23.8 Å². The van der Waals surface area contributed by atoms with Crippen LogP contribution in [0.1, 0.15) is 18.4 Å². The van der Waals surface area contributed by atoms with Gasteiger partial charge in [-0.05, 0) is 32.0 Å². The molecule has 3 rings (SSSR count). The number of fused-ring (bicyclic) bond motifs is 1. The van der Waals surface area contributed by atoms with Gasteiger partial charge in [-0.15, -0.1) is 12.4 Å². The molecule has 0 atom stereocenters. The fourth-order valence-electron chi connectivity index (χ4n) is 3.06. The van der Waals surface area contributed by atoms with Gasteiger partial charge in [0.25, 0.3) is 0 Å². The molecule has 0 unspecified atom stereocenters. The lowest BCUT2D eigenvalue weighted by Gasteiger charge is -2.34. The van der Waals surface area contributed by atoms with E-state index in [-0.39, 0.29) is 38.6 Å². The summed E-state index contributed by atoms with van der Waals surface area (Å²) in [7, 11) is -3.51. The molecule has 0 saturated carbocycles. The number of hydrogen-bond acceptors (Lipinski definition) is 6. The number of nitrogens with one attached hydrogen (secondary N) is 2. The van der Waals surface area contributed by atoms with Crippen molar-refractivity contribution < 1.29 is 22.7 Å². The molecule has 2 N–H and O–H groups in total. The first-order valence-electron chi connectivity index (χ1n) is 7.50. The van der Waals surface area contributed by atoms with Crippen molar-refractivity contribution in [1.29, 1.82) is 0 Å². The van der Waals surface area contributed by atoms with Gasteiger partial charge in [0.1, 0.15) is 0 Å². The third kappa shape index (κ3) is 3.31. The van der Waals surface area contributed by atoms with E-state index in [1.165, 1.54) is 0 Å². The summed E-state index contributed by atoms with van der Waals surface area (Å²) in [6, 6.07) is 5.42. The van der Waals surface area contributed by atoms with Gasteiger partial charge in [-0.25, -0.2) is 8.42 Å². The van der Waals surface area contributed by atoms with Crippen molar-refractivity contribution in [3.63, 3.8) is 0 Å². The molecule has 1 amide bonds. The first-order chi connectivity index (χ1) is 10.9. The number of ether oxygens (including phenoxy) is 2. The van der Waals surface area contributed by atoms with Crippen molar-refractivity contribution in [2.75, 3.05) is 26.1 Å². The standard InChI is InChI=1S/C15H20N2O5S.ClH/c1-23(19,20)15(5-7-16-8-6-15)14(18)17-9-11-3-2-4-12-13(11)22-10-21-12;/h2-4,16H,5-10H2,1H3,(H,17,18);1H. The molecule has 1 aromatic carbocycles. The Morgan fingerprint density at radius 1 is 1.29 bits per heavy atom. The first kappa shape index (κ1) is 18.8. The molecule has 1 aromatic rings. The van der Waals surface area contributed by atoms with Gasteiger partial charge in [0, 0.05) is 18.4 Å². The molecule has 7 nitrogen and oxygen atoms in total. The van der Waals surface area contributed by atoms with Crippen LogP contribution < -0.4 is 20.1 Å². The van der Waals surface area contributed by atoms with E-state index < -0.39 is 20.5 Å². The van der Waals surface area contributed by atoms with Gasteiger partial charge in [0.05, 0.1) is 0 Å². The highest BCUT2D eigenvalue weighted by Crippen LogP contribution is 2.35. The zero-order valence-corrected chi connectivity index (χ0v) is 15.0. The molecule has 2 aliphatic heterocycles. The van der Waals surface area contributed by atoms with Gasteiger partial charge in [0.15, 0.2) is 26.1 Å². The molecule has 0 aromatic heterocycles. The number of halogens is 1. The van der Waals surface area contributed by atoms with Crippen LogP contribution in [0.4, 0.5) is 0 Å². The molecular formula is C15H21ClN2O5S. The minimum atomic E-state index is -3.51. The normalized spacial score (nSPS) is 18.5. The number of sulfone groups is 1. The predicted octanol–water partition coefficient (Wildman–Crippen LogP) is 0.620. The van der Waals surface area contributed by atoms with Gasteiger partial charge in [-0.1, -0.05) is 12.1 Å². The summed E-state index contributed by atoms with van der Waals surface area (Å²) >= 11 is 0. The SMILES string of the molecule is CS(=O)(=O)C1(C(=O)NCc2cccc3c2OCO3)CCNCC1.Cl. The predicted molar refractivity (Wildman–Crippen MR) is 91.3 cm³/mol. The van der Waals surface area contributed by atoms with Crippen LogP contribution in [0.5, 0.6) is 11.5 Å². The Balaban J connectivity index is 0.00000208. The average molecular weight is 377 g/mol. The van der Waals surface area contributed by atoms with Crippen LogP contribution in [0.25, 0.3) is 0 Å². The molecule has 0 radical (unpaired) electrons. The van der Waals surface area contributed by atoms with Crippen LogP contribution in [0, 0.1) is 0 Å². The number of carbonyl (C=O) groups is 1. The Hall–Kier alpha value is -1.51. The van der Waals surface area contributed by atoms with Crippen molar-refractivity contribution in [3.8, 4) is 11.5 Å². The van der Waals surface area contributed by atoms with Crippen LogP contribution in [-0.2, 0) is 21.2 Å². The second kappa shape index (κ2) is 7.16. The Morgan fingerprint density at radius 2 is 2.00 bits per heavy atom. The molecular weight excluding hydrogens is 356 g/mol. The van der Waals surface area contributed by atoms with E-state index in [2.05, 4.69) is 10.6 Å². The summed E-state index contributed by atoms with van der Waals surface area (Å²) in [6.45, 7) is 1.38. The van der Waals surface area contributed by atoms with E-state index in [1.54, 1.807) is 6.07 Å². The van der Waals surface area contributed by atoms with E-state index in [0.717, 1.165) is 11.8 Å². The Morgan fingerprint density at radius 3 is 2.67 bits per heavy atom. The lowest BCUT2D eigenvalue weighted by Crippen LogP contribution is -2.57. The molecule has 2 aliphatic rings. The van der Waals surface area contributed by atoms with E-state index in [9.17, 15) is 13.2 Å². The number of rotatable bonds is 4. The van der Waals surface area contributed by atoms with Crippen LogP contribution >= 0.6 is 12.4 Å². The molecule has 1 fully saturated rings. The highest BCUT2D eigenvalue weighted by molar-refractivity contribution is 7.92. The summed E-state index contributed by atoms with van der Waals surface area (Å²) < 4.78 is 33.8. The molecule has 9 heteroatoms. The number of amides is 1. The fourth-order valence-corrected chi connectivity index (χ4v) is 4.42. The van der Waals surface area contributed by atoms with Crippen LogP contribution in [0.15, 0.2) is 18.2 Å². The Bertz CT molecular complexity index is 717. The quantitative estimate of drug-likeness (QED) is 0.800. The summed E-state index contributed by atoms with van der Waals surface area (Å²) in [5.41, 5.74) is 0.769. The Labute approximate surface area is 147 Å². The molecule has 134 valence electrons. The van der Waals surface area contributed by atoms with Gasteiger partial charge in [0.2, 0.25) is 12.7 Å². The van der Waals surface area contributed by atoms with Gasteiger partial charge < -0.3 is 20.1 Å². The van der Waals surface area contributed by atoms with Crippen LogP contribution in [0.2, 0.25) is 0 Å². The largest absolute Gasteiger partial charge is 0.454 e. The minimum absolute atomic E-state index is 0. The zero-order valence-electron chi connectivity index (χ0n) is 13.3. The van der Waals surface area contributed by atoms with Crippen molar-refractivity contribution >= 4 is 28.2 Å². The highest BCUT2D eigenvalue weighted by atomic mass is 35.5. The van der Waals surface area contributed by atoms with E-state index >= 15 is 0 Å². The topological polar surface area (TPSA) is 93.7 Å². The second-order valence-corrected chi connectivity index (χ2v) is 8.18. The molecule has 2 heterocycles. The lowest BCUT2D eigenvalue weighted by atomic mass is 9.95. The van der Waals surface area contributed by atoms with Gasteiger partial charge in [-0.2, -0.15) is 0 Å². The van der Waals surface area contributed by atoms with Crippen molar-refractivity contribution in [2.24, 2.45) is 0 Å². The second-order valence-electron chi connectivity index (χ2n) is 5.85. The maximum atomic E-state index is 12.7. The number of hydrogen-bond donors (Lipinski definition) is 2. The third-order valence-electron chi connectivity index (χ3n) is 4.45. The summed E-state index contributed by atoms with van der Waals surface area (Å²) in [4.78, 5) is 12.7. The minimum Gasteiger partial charge on any atom is -0.454 e. The fraction of sp³-hybridized carbons (Fsp3) is 0.533. The average Bonchev–Trinajstić information content (AvgIpc) is 3.01. The summed E-state index contributed by atoms with van der Waals surface area (Å²) in [5.74, 6) is 0.793. The number of piperidine rings is 1. The van der Waals surface area contributed by atoms with Crippen LogP contribution in [-0.4, -0.2) is 45.2 Å². The summed E-state index contributed by atoms with van der Waals surface area (Å²) in [5, 5.41) is 5.86. The zero-order chi connectivity index (χ0) is 16.5. The Kier molecular flexibility index (Phi) is 5.62. The highest BCUT2D eigenvalue weighted by Gasteiger charge is 2.48. The van der Waals surface area contributed by atoms with Crippen molar-refractivity contribution in [1.82, 2.24) is 10.6 Å². The van der Waals surface area contributed by atoms with Crippen molar-refractivity contribution in [2.45, 2.75) is 24.1 Å². The van der Waals surface area contributed by atoms with E-state index in [0.29, 0.717) is 24.6 Å². The molecule has 1 saturated heterocycles. The maximum absolute atomic E-state index is 12.7. The number of carbonyl (C=O) groups excluding carboxylic acids is 1. The first-order valence-corrected chi connectivity index (χ1v) is 9.39. The molecule has 24 heavy (non-hydrogen) atoms. The maximum Gasteiger partial charge on any atom is 0.241 e. The molecule has 0 spiro atoms.